The van der Waals surface area contributed by atoms with Gasteiger partial charge in [-0.2, -0.15) is 0 Å². The summed E-state index contributed by atoms with van der Waals surface area (Å²) in [4.78, 5) is 22.4. The molecule has 1 aliphatic rings. The summed E-state index contributed by atoms with van der Waals surface area (Å²) in [6, 6.07) is 7.24. The maximum Gasteiger partial charge on any atom is 0.255 e. The number of ether oxygens (including phenoxy) is 2. The molecule has 0 bridgehead atoms. The number of hydrogen-bond acceptors (Lipinski definition) is 5. The molecule has 6 heteroatoms. The number of amides is 1. The lowest BCUT2D eigenvalue weighted by atomic mass is 10.1. The molecule has 1 atom stereocenters. The van der Waals surface area contributed by atoms with Gasteiger partial charge < -0.3 is 14.4 Å². The van der Waals surface area contributed by atoms with Crippen molar-refractivity contribution in [1.82, 2.24) is 14.9 Å². The van der Waals surface area contributed by atoms with Gasteiger partial charge in [0.05, 0.1) is 25.8 Å². The van der Waals surface area contributed by atoms with Gasteiger partial charge in [-0.15, -0.1) is 0 Å². The highest BCUT2D eigenvalue weighted by Gasteiger charge is 2.26. The van der Waals surface area contributed by atoms with Crippen molar-refractivity contribution in [3.05, 3.63) is 54.0 Å². The van der Waals surface area contributed by atoms with Crippen LogP contribution in [0.15, 0.2) is 42.9 Å². The Hall–Kier alpha value is -2.47. The number of carbonyl (C=O) groups is 1. The highest BCUT2D eigenvalue weighted by atomic mass is 16.5. The fourth-order valence-corrected chi connectivity index (χ4v) is 2.42. The minimum absolute atomic E-state index is 0.0440. The Morgan fingerprint density at radius 2 is 2.14 bits per heavy atom. The van der Waals surface area contributed by atoms with Crippen molar-refractivity contribution < 1.29 is 14.3 Å². The molecule has 0 N–H and O–H groups in total. The van der Waals surface area contributed by atoms with Gasteiger partial charge >= 0.3 is 0 Å². The van der Waals surface area contributed by atoms with E-state index in [1.165, 1.54) is 6.20 Å². The summed E-state index contributed by atoms with van der Waals surface area (Å²) < 4.78 is 10.8. The molecule has 1 unspecified atom stereocenters. The van der Waals surface area contributed by atoms with Crippen LogP contribution in [0.25, 0.3) is 0 Å². The third kappa shape index (κ3) is 3.07. The molecule has 1 saturated heterocycles. The van der Waals surface area contributed by atoms with Gasteiger partial charge in [0.25, 0.3) is 5.91 Å². The molecule has 0 spiro atoms. The zero-order chi connectivity index (χ0) is 15.4. The van der Waals surface area contributed by atoms with Crippen molar-refractivity contribution in [3.63, 3.8) is 0 Å². The van der Waals surface area contributed by atoms with Crippen LogP contribution >= 0.6 is 0 Å². The second-order valence-electron chi connectivity index (χ2n) is 4.98. The second kappa shape index (κ2) is 6.53. The number of hydrogen-bond donors (Lipinski definition) is 0. The summed E-state index contributed by atoms with van der Waals surface area (Å²) in [5, 5.41) is 0. The molecule has 2 aromatic heterocycles. The lowest BCUT2D eigenvalue weighted by molar-refractivity contribution is -0.0228. The summed E-state index contributed by atoms with van der Waals surface area (Å²) in [5.41, 5.74) is 1.58. The van der Waals surface area contributed by atoms with Crippen LogP contribution in [0.4, 0.5) is 0 Å². The van der Waals surface area contributed by atoms with Crippen LogP contribution < -0.4 is 4.74 Å². The van der Waals surface area contributed by atoms with Crippen LogP contribution in [0, 0.1) is 0 Å². The van der Waals surface area contributed by atoms with Gasteiger partial charge in [0.2, 0.25) is 5.88 Å². The summed E-state index contributed by atoms with van der Waals surface area (Å²) in [6.07, 6.45) is 4.88. The van der Waals surface area contributed by atoms with Gasteiger partial charge in [-0.05, 0) is 23.8 Å². The van der Waals surface area contributed by atoms with E-state index >= 15 is 0 Å². The Morgan fingerprint density at radius 1 is 1.32 bits per heavy atom. The average Bonchev–Trinajstić information content (AvgIpc) is 2.62. The molecule has 1 amide bonds. The monoisotopic (exact) mass is 299 g/mol. The van der Waals surface area contributed by atoms with Crippen LogP contribution in [0.3, 0.4) is 0 Å². The van der Waals surface area contributed by atoms with Gasteiger partial charge in [0.1, 0.15) is 6.10 Å². The second-order valence-corrected chi connectivity index (χ2v) is 4.98. The predicted molar refractivity (Wildman–Crippen MR) is 79.6 cm³/mol. The number of nitrogens with zero attached hydrogens (tertiary/aromatic N) is 3. The molecule has 3 rings (SSSR count). The Balaban J connectivity index is 1.72. The molecule has 1 fully saturated rings. The van der Waals surface area contributed by atoms with Gasteiger partial charge in [0.15, 0.2) is 0 Å². The molecule has 3 heterocycles. The molecule has 0 aromatic carbocycles. The number of carbonyl (C=O) groups excluding carboxylic acids is 1. The number of rotatable bonds is 3. The van der Waals surface area contributed by atoms with Crippen molar-refractivity contribution >= 4 is 5.91 Å². The highest BCUT2D eigenvalue weighted by molar-refractivity contribution is 5.94. The first-order valence-corrected chi connectivity index (χ1v) is 7.09. The summed E-state index contributed by atoms with van der Waals surface area (Å²) in [7, 11) is 1.55. The maximum atomic E-state index is 12.6. The van der Waals surface area contributed by atoms with E-state index in [0.717, 1.165) is 5.56 Å². The predicted octanol–water partition coefficient (Wildman–Crippen LogP) is 1.70. The number of aromatic nitrogens is 2. The van der Waals surface area contributed by atoms with E-state index in [1.54, 1.807) is 36.5 Å². The third-order valence-corrected chi connectivity index (χ3v) is 3.62. The van der Waals surface area contributed by atoms with Gasteiger partial charge in [0, 0.05) is 31.2 Å². The standard InChI is InChI=1S/C16H17N3O3/c1-21-15-3-2-13(10-18-15)16(20)19-8-9-22-14(11-19)12-4-6-17-7-5-12/h2-7,10,14H,8-9,11H2,1H3. The first-order chi connectivity index (χ1) is 10.8. The molecule has 0 aliphatic carbocycles. The van der Waals surface area contributed by atoms with E-state index < -0.39 is 0 Å². The van der Waals surface area contributed by atoms with Gasteiger partial charge in [-0.3, -0.25) is 9.78 Å². The quantitative estimate of drug-likeness (QED) is 0.863. The van der Waals surface area contributed by atoms with Crippen LogP contribution in [-0.2, 0) is 4.74 Å². The van der Waals surface area contributed by atoms with Crippen molar-refractivity contribution in [3.8, 4) is 5.88 Å². The zero-order valence-corrected chi connectivity index (χ0v) is 12.3. The fraction of sp³-hybridized carbons (Fsp3) is 0.312. The number of morpholine rings is 1. The highest BCUT2D eigenvalue weighted by Crippen LogP contribution is 2.22. The van der Waals surface area contributed by atoms with E-state index in [0.29, 0.717) is 31.1 Å². The Morgan fingerprint density at radius 3 is 2.82 bits per heavy atom. The molecular formula is C16H17N3O3. The Bertz CT molecular complexity index is 631. The molecule has 0 radical (unpaired) electrons. The summed E-state index contributed by atoms with van der Waals surface area (Å²) in [6.45, 7) is 1.61. The number of pyridine rings is 2. The first-order valence-electron chi connectivity index (χ1n) is 7.09. The zero-order valence-electron chi connectivity index (χ0n) is 12.3. The summed E-state index contributed by atoms with van der Waals surface area (Å²) in [5.74, 6) is 0.450. The van der Waals surface area contributed by atoms with E-state index in [-0.39, 0.29) is 12.0 Å². The van der Waals surface area contributed by atoms with E-state index in [4.69, 9.17) is 9.47 Å². The van der Waals surface area contributed by atoms with Crippen LogP contribution in [0.2, 0.25) is 0 Å². The molecule has 114 valence electrons. The molecule has 1 aliphatic heterocycles. The van der Waals surface area contributed by atoms with Crippen molar-refractivity contribution in [2.24, 2.45) is 0 Å². The third-order valence-electron chi connectivity index (χ3n) is 3.62. The van der Waals surface area contributed by atoms with Gasteiger partial charge in [-0.1, -0.05) is 0 Å². The largest absolute Gasteiger partial charge is 0.481 e. The lowest BCUT2D eigenvalue weighted by Crippen LogP contribution is -2.42. The lowest BCUT2D eigenvalue weighted by Gasteiger charge is -2.33. The van der Waals surface area contributed by atoms with E-state index in [1.807, 2.05) is 12.1 Å². The number of methoxy groups -OCH3 is 1. The fourth-order valence-electron chi connectivity index (χ4n) is 2.42. The molecule has 0 saturated carbocycles. The van der Waals surface area contributed by atoms with Crippen LogP contribution in [0.1, 0.15) is 22.0 Å². The summed E-state index contributed by atoms with van der Waals surface area (Å²) >= 11 is 0. The van der Waals surface area contributed by atoms with Crippen molar-refractivity contribution in [2.45, 2.75) is 6.10 Å². The van der Waals surface area contributed by atoms with Gasteiger partial charge in [-0.25, -0.2) is 4.98 Å². The molecular weight excluding hydrogens is 282 g/mol. The minimum Gasteiger partial charge on any atom is -0.481 e. The SMILES string of the molecule is COc1ccc(C(=O)N2CCOC(c3ccncc3)C2)cn1. The maximum absolute atomic E-state index is 12.6. The van der Waals surface area contributed by atoms with E-state index in [9.17, 15) is 4.79 Å². The van der Waals surface area contributed by atoms with E-state index in [2.05, 4.69) is 9.97 Å². The average molecular weight is 299 g/mol. The van der Waals surface area contributed by atoms with Crippen LogP contribution in [0.5, 0.6) is 5.88 Å². The van der Waals surface area contributed by atoms with Crippen molar-refractivity contribution in [2.75, 3.05) is 26.8 Å². The Kier molecular flexibility index (Phi) is 4.29. The molecule has 6 nitrogen and oxygen atoms in total. The first kappa shape index (κ1) is 14.5. The Labute approximate surface area is 128 Å². The smallest absolute Gasteiger partial charge is 0.255 e. The van der Waals surface area contributed by atoms with Crippen LogP contribution in [-0.4, -0.2) is 47.6 Å². The molecule has 22 heavy (non-hydrogen) atoms. The normalized spacial score (nSPS) is 18.0. The minimum atomic E-state index is -0.119. The molecule has 2 aromatic rings. The topological polar surface area (TPSA) is 64.5 Å². The van der Waals surface area contributed by atoms with Crippen molar-refractivity contribution in [1.29, 1.82) is 0 Å².